The molecule has 7 heteroatoms. The lowest BCUT2D eigenvalue weighted by atomic mass is 9.91. The molecule has 0 bridgehead atoms. The van der Waals surface area contributed by atoms with Gasteiger partial charge < -0.3 is 9.16 Å². The van der Waals surface area contributed by atoms with Crippen molar-refractivity contribution in [3.63, 3.8) is 0 Å². The summed E-state index contributed by atoms with van der Waals surface area (Å²) in [7, 11) is -1.86. The minimum Gasteiger partial charge on any atom is -0.466 e. The molecular formula is C25H41N3O3Si. The molecule has 6 nitrogen and oxygen atoms in total. The molecule has 178 valence electrons. The van der Waals surface area contributed by atoms with Crippen LogP contribution in [0.4, 0.5) is 0 Å². The largest absolute Gasteiger partial charge is 0.466 e. The van der Waals surface area contributed by atoms with Crippen molar-refractivity contribution in [3.05, 3.63) is 46.8 Å². The van der Waals surface area contributed by atoms with Crippen molar-refractivity contribution < 1.29 is 14.0 Å². The summed E-state index contributed by atoms with van der Waals surface area (Å²) in [5.41, 5.74) is 4.29. The second-order valence-electron chi connectivity index (χ2n) is 10.00. The lowest BCUT2D eigenvalue weighted by Crippen LogP contribution is -2.40. The highest BCUT2D eigenvalue weighted by Crippen LogP contribution is 2.37. The number of carbonyl (C=O) groups is 1. The zero-order valence-corrected chi connectivity index (χ0v) is 22.2. The van der Waals surface area contributed by atoms with Crippen molar-refractivity contribution in [3.8, 4) is 0 Å². The van der Waals surface area contributed by atoms with Crippen molar-refractivity contribution in [2.45, 2.75) is 98.0 Å². The van der Waals surface area contributed by atoms with E-state index in [0.29, 0.717) is 19.6 Å². The fraction of sp³-hybridized carbons (Fsp3) is 0.640. The fourth-order valence-electron chi connectivity index (χ4n) is 3.30. The Kier molecular flexibility index (Phi) is 9.22. The Bertz CT molecular complexity index is 887. The van der Waals surface area contributed by atoms with Crippen LogP contribution in [0.1, 0.15) is 75.8 Å². The molecule has 1 aromatic carbocycles. The third kappa shape index (κ3) is 7.00. The van der Waals surface area contributed by atoms with E-state index >= 15 is 0 Å². The highest BCUT2D eigenvalue weighted by Gasteiger charge is 2.37. The maximum atomic E-state index is 12.8. The molecule has 0 aliphatic rings. The van der Waals surface area contributed by atoms with Gasteiger partial charge in [-0.1, -0.05) is 44.2 Å². The van der Waals surface area contributed by atoms with E-state index in [1.807, 2.05) is 24.7 Å². The van der Waals surface area contributed by atoms with Gasteiger partial charge in [0.05, 0.1) is 24.8 Å². The summed E-state index contributed by atoms with van der Waals surface area (Å²) in [5.74, 6) is -0.451. The molecule has 0 amide bonds. The first-order chi connectivity index (χ1) is 15.0. The third-order valence-corrected chi connectivity index (χ3v) is 11.1. The van der Waals surface area contributed by atoms with Gasteiger partial charge in [-0.3, -0.25) is 9.48 Å². The van der Waals surface area contributed by atoms with Crippen LogP contribution in [0.3, 0.4) is 0 Å². The molecule has 0 spiro atoms. The van der Waals surface area contributed by atoms with Gasteiger partial charge in [0.25, 0.3) is 0 Å². The summed E-state index contributed by atoms with van der Waals surface area (Å²) in [4.78, 5) is 12.8. The van der Waals surface area contributed by atoms with Crippen molar-refractivity contribution >= 4 is 14.3 Å². The average Bonchev–Trinajstić information content (AvgIpc) is 3.18. The van der Waals surface area contributed by atoms with E-state index in [4.69, 9.17) is 9.16 Å². The minimum absolute atomic E-state index is 0.158. The van der Waals surface area contributed by atoms with Gasteiger partial charge in [-0.2, -0.15) is 0 Å². The molecule has 0 fully saturated rings. The molecular weight excluding hydrogens is 418 g/mol. The van der Waals surface area contributed by atoms with Crippen LogP contribution in [0.2, 0.25) is 18.1 Å². The van der Waals surface area contributed by atoms with Crippen LogP contribution >= 0.6 is 0 Å². The highest BCUT2D eigenvalue weighted by molar-refractivity contribution is 6.74. The van der Waals surface area contributed by atoms with Gasteiger partial charge in [-0.25, -0.2) is 0 Å². The van der Waals surface area contributed by atoms with Gasteiger partial charge in [0.1, 0.15) is 0 Å². The molecule has 0 aliphatic heterocycles. The lowest BCUT2D eigenvalue weighted by molar-refractivity contribution is -0.145. The number of nitrogens with zero attached hydrogens (tertiary/aromatic N) is 3. The van der Waals surface area contributed by atoms with Crippen LogP contribution in [-0.4, -0.2) is 35.9 Å². The molecule has 1 aromatic heterocycles. The normalized spacial score (nSPS) is 13.2. The molecule has 1 unspecified atom stereocenters. The van der Waals surface area contributed by atoms with Gasteiger partial charge in [0.15, 0.2) is 8.32 Å². The number of benzene rings is 1. The molecule has 0 aliphatic carbocycles. The maximum Gasteiger partial charge on any atom is 0.313 e. The summed E-state index contributed by atoms with van der Waals surface area (Å²) in [5, 5.41) is 8.47. The summed E-state index contributed by atoms with van der Waals surface area (Å²) in [6, 6.07) is 6.29. The molecule has 2 rings (SSSR count). The molecule has 2 aromatic rings. The van der Waals surface area contributed by atoms with Crippen molar-refractivity contribution in [2.24, 2.45) is 0 Å². The first-order valence-corrected chi connectivity index (χ1v) is 14.7. The Balaban J connectivity index is 2.16. The van der Waals surface area contributed by atoms with E-state index in [0.717, 1.165) is 36.2 Å². The number of ether oxygens (including phenoxy) is 1. The van der Waals surface area contributed by atoms with Crippen molar-refractivity contribution in [2.75, 3.05) is 6.61 Å². The zero-order valence-electron chi connectivity index (χ0n) is 21.2. The van der Waals surface area contributed by atoms with E-state index in [2.05, 4.69) is 69.3 Å². The molecule has 1 atom stereocenters. The Morgan fingerprint density at radius 3 is 2.53 bits per heavy atom. The first-order valence-electron chi connectivity index (χ1n) is 11.8. The van der Waals surface area contributed by atoms with Gasteiger partial charge in [-0.05, 0) is 74.9 Å². The summed E-state index contributed by atoms with van der Waals surface area (Å²) >= 11 is 0. The van der Waals surface area contributed by atoms with Gasteiger partial charge in [0.2, 0.25) is 0 Å². The third-order valence-electron chi connectivity index (χ3n) is 6.58. The minimum atomic E-state index is -1.86. The Labute approximate surface area is 194 Å². The quantitative estimate of drug-likeness (QED) is 0.314. The van der Waals surface area contributed by atoms with Crippen LogP contribution in [0, 0.1) is 6.92 Å². The Morgan fingerprint density at radius 1 is 1.22 bits per heavy atom. The Hall–Kier alpha value is -1.99. The SMILES string of the molecule is CCOC(=O)C(CCCc1cn(CC)nn1)c1ccc(C)c(CO[Si](C)(C)C(C)(C)C)c1. The first kappa shape index (κ1) is 26.3. The summed E-state index contributed by atoms with van der Waals surface area (Å²) in [6.07, 6.45) is 4.32. The van der Waals surface area contributed by atoms with Crippen LogP contribution < -0.4 is 0 Å². The number of carbonyl (C=O) groups excluding carboxylic acids is 1. The van der Waals surface area contributed by atoms with Gasteiger partial charge in [-0.15, -0.1) is 5.10 Å². The number of aromatic nitrogens is 3. The van der Waals surface area contributed by atoms with Gasteiger partial charge >= 0.3 is 5.97 Å². The molecule has 32 heavy (non-hydrogen) atoms. The van der Waals surface area contributed by atoms with Crippen LogP contribution in [0.5, 0.6) is 0 Å². The van der Waals surface area contributed by atoms with Crippen LogP contribution in [-0.2, 0) is 33.5 Å². The number of aryl methyl sites for hydroxylation is 3. The summed E-state index contributed by atoms with van der Waals surface area (Å²) < 4.78 is 13.7. The van der Waals surface area contributed by atoms with Crippen LogP contribution in [0.25, 0.3) is 0 Å². The van der Waals surface area contributed by atoms with Crippen LogP contribution in [0.15, 0.2) is 24.4 Å². The standard InChI is InChI=1S/C25H41N3O3Si/c1-9-28-17-22(26-27-28)12-11-13-23(24(29)30-10-2)20-15-14-19(3)21(16-20)18-31-32(7,8)25(4,5)6/h14-17,23H,9-13,18H2,1-8H3. The molecule has 1 heterocycles. The molecule has 0 saturated carbocycles. The molecule has 0 N–H and O–H groups in total. The lowest BCUT2D eigenvalue weighted by Gasteiger charge is -2.36. The number of hydrogen-bond donors (Lipinski definition) is 0. The predicted octanol–water partition coefficient (Wildman–Crippen LogP) is 5.80. The monoisotopic (exact) mass is 459 g/mol. The predicted molar refractivity (Wildman–Crippen MR) is 131 cm³/mol. The average molecular weight is 460 g/mol. The smallest absolute Gasteiger partial charge is 0.313 e. The Morgan fingerprint density at radius 2 is 1.94 bits per heavy atom. The molecule has 0 radical (unpaired) electrons. The topological polar surface area (TPSA) is 66.2 Å². The zero-order chi connectivity index (χ0) is 23.9. The van der Waals surface area contributed by atoms with Crippen molar-refractivity contribution in [1.29, 1.82) is 0 Å². The van der Waals surface area contributed by atoms with E-state index < -0.39 is 8.32 Å². The van der Waals surface area contributed by atoms with E-state index in [9.17, 15) is 4.79 Å². The highest BCUT2D eigenvalue weighted by atomic mass is 28.4. The fourth-order valence-corrected chi connectivity index (χ4v) is 4.25. The number of rotatable bonds is 11. The molecule has 0 saturated heterocycles. The van der Waals surface area contributed by atoms with E-state index in [1.165, 1.54) is 5.56 Å². The summed E-state index contributed by atoms with van der Waals surface area (Å²) in [6.45, 7) is 19.0. The maximum absolute atomic E-state index is 12.8. The second-order valence-corrected chi connectivity index (χ2v) is 14.8. The number of hydrogen-bond acceptors (Lipinski definition) is 5. The van der Waals surface area contributed by atoms with Gasteiger partial charge in [0, 0.05) is 12.7 Å². The van der Waals surface area contributed by atoms with E-state index in [-0.39, 0.29) is 16.9 Å². The second kappa shape index (κ2) is 11.2. The van der Waals surface area contributed by atoms with Crippen molar-refractivity contribution in [1.82, 2.24) is 15.0 Å². The van der Waals surface area contributed by atoms with E-state index in [1.54, 1.807) is 0 Å². The number of esters is 1.